The highest BCUT2D eigenvalue weighted by Crippen LogP contribution is 2.25. The number of amides is 1. The van der Waals surface area contributed by atoms with E-state index in [2.05, 4.69) is 10.3 Å². The van der Waals surface area contributed by atoms with Gasteiger partial charge < -0.3 is 15.8 Å². The van der Waals surface area contributed by atoms with Crippen molar-refractivity contribution >= 4 is 23.5 Å². The maximum Gasteiger partial charge on any atom is 0.255 e. The fourth-order valence-electron chi connectivity index (χ4n) is 2.39. The molecule has 6 heteroatoms. The van der Waals surface area contributed by atoms with Crippen molar-refractivity contribution in [3.8, 4) is 11.5 Å². The summed E-state index contributed by atoms with van der Waals surface area (Å²) in [6.45, 7) is 0.371. The minimum atomic E-state index is -0.255. The molecule has 0 fully saturated rings. The van der Waals surface area contributed by atoms with Gasteiger partial charge >= 0.3 is 0 Å². The third-order valence-corrected chi connectivity index (χ3v) is 4.47. The van der Waals surface area contributed by atoms with Gasteiger partial charge in [-0.2, -0.15) is 0 Å². The summed E-state index contributed by atoms with van der Waals surface area (Å²) in [5.41, 5.74) is 7.03. The molecule has 3 rings (SSSR count). The van der Waals surface area contributed by atoms with E-state index in [9.17, 15) is 4.79 Å². The maximum atomic E-state index is 12.2. The number of carbonyl (C=O) groups excluding carboxylic acids is 1. The second-order valence-corrected chi connectivity index (χ2v) is 6.42. The zero-order valence-corrected chi connectivity index (χ0v) is 15.1. The van der Waals surface area contributed by atoms with Crippen LogP contribution in [0.4, 0.5) is 5.82 Å². The van der Waals surface area contributed by atoms with Crippen molar-refractivity contribution in [2.75, 3.05) is 12.0 Å². The van der Waals surface area contributed by atoms with Crippen LogP contribution in [0, 0.1) is 0 Å². The van der Waals surface area contributed by atoms with Crippen LogP contribution in [-0.4, -0.2) is 17.1 Å². The van der Waals surface area contributed by atoms with Crippen molar-refractivity contribution in [1.82, 2.24) is 10.3 Å². The summed E-state index contributed by atoms with van der Waals surface area (Å²) in [7, 11) is 0. The quantitative estimate of drug-likeness (QED) is 0.643. The van der Waals surface area contributed by atoms with Crippen LogP contribution >= 0.6 is 11.8 Å². The van der Waals surface area contributed by atoms with Gasteiger partial charge in [-0.3, -0.25) is 4.79 Å². The lowest BCUT2D eigenvalue weighted by Crippen LogP contribution is -2.24. The summed E-state index contributed by atoms with van der Waals surface area (Å²) < 4.78 is 5.88. The van der Waals surface area contributed by atoms with Gasteiger partial charge in [0.2, 0.25) is 0 Å². The van der Waals surface area contributed by atoms with Crippen molar-refractivity contribution in [1.29, 1.82) is 0 Å². The van der Waals surface area contributed by atoms with E-state index in [1.165, 1.54) is 4.90 Å². The van der Waals surface area contributed by atoms with Crippen LogP contribution in [0.1, 0.15) is 15.9 Å². The smallest absolute Gasteiger partial charge is 0.255 e. The molecule has 2 aromatic carbocycles. The first-order valence-corrected chi connectivity index (χ1v) is 9.28. The molecule has 1 aromatic heterocycles. The van der Waals surface area contributed by atoms with Crippen molar-refractivity contribution < 1.29 is 9.53 Å². The Bertz CT molecular complexity index is 898. The fraction of sp³-hybridized carbons (Fsp3) is 0.100. The highest BCUT2D eigenvalue weighted by molar-refractivity contribution is 7.98. The van der Waals surface area contributed by atoms with Gasteiger partial charge in [-0.25, -0.2) is 4.98 Å². The Kier molecular flexibility index (Phi) is 5.76. The molecular weight excluding hydrogens is 346 g/mol. The number of nitrogens with one attached hydrogen (secondary N) is 1. The highest BCUT2D eigenvalue weighted by atomic mass is 32.2. The Morgan fingerprint density at radius 3 is 2.65 bits per heavy atom. The van der Waals surface area contributed by atoms with Crippen LogP contribution in [0.3, 0.4) is 0 Å². The lowest BCUT2D eigenvalue weighted by atomic mass is 10.2. The van der Waals surface area contributed by atoms with Gasteiger partial charge in [0, 0.05) is 17.6 Å². The Balaban J connectivity index is 1.63. The summed E-state index contributed by atoms with van der Waals surface area (Å²) in [5, 5.41) is 2.84. The molecule has 132 valence electrons. The number of aromatic nitrogens is 1. The van der Waals surface area contributed by atoms with Crippen LogP contribution in [0.5, 0.6) is 11.5 Å². The second kappa shape index (κ2) is 8.40. The number of rotatable bonds is 6. The van der Waals surface area contributed by atoms with Gasteiger partial charge in [0.05, 0.1) is 5.56 Å². The van der Waals surface area contributed by atoms with Crippen molar-refractivity contribution in [3.63, 3.8) is 0 Å². The Morgan fingerprint density at radius 2 is 1.92 bits per heavy atom. The fourth-order valence-corrected chi connectivity index (χ4v) is 2.79. The Morgan fingerprint density at radius 1 is 1.12 bits per heavy atom. The number of nitrogens with two attached hydrogens (primary N) is 1. The topological polar surface area (TPSA) is 77.2 Å². The number of benzene rings is 2. The van der Waals surface area contributed by atoms with Crippen molar-refractivity contribution in [3.05, 3.63) is 78.0 Å². The predicted octanol–water partition coefficient (Wildman–Crippen LogP) is 4.11. The molecule has 1 amide bonds. The Labute approximate surface area is 156 Å². The molecule has 0 saturated heterocycles. The largest absolute Gasteiger partial charge is 0.457 e. The third kappa shape index (κ3) is 4.55. The molecule has 1 heterocycles. The second-order valence-electron chi connectivity index (χ2n) is 5.54. The molecule has 5 nitrogen and oxygen atoms in total. The number of nitrogen functional groups attached to an aromatic ring is 1. The predicted molar refractivity (Wildman–Crippen MR) is 105 cm³/mol. The monoisotopic (exact) mass is 365 g/mol. The molecule has 0 unspecified atom stereocenters. The molecule has 26 heavy (non-hydrogen) atoms. The number of pyridine rings is 1. The van der Waals surface area contributed by atoms with E-state index in [0.717, 1.165) is 17.1 Å². The zero-order valence-electron chi connectivity index (χ0n) is 14.3. The summed E-state index contributed by atoms with van der Waals surface area (Å²) >= 11 is 1.69. The third-order valence-electron chi connectivity index (χ3n) is 3.73. The molecule has 0 radical (unpaired) electrons. The minimum absolute atomic E-state index is 0.218. The first-order valence-electron chi connectivity index (χ1n) is 8.05. The standard InChI is InChI=1S/C20H19N3O2S/c1-26-17-9-7-15(8-10-17)25-16-5-2-4-14(12-16)13-23-20(24)18-6-3-11-22-19(18)21/h2-12H,13H2,1H3,(H2,21,22)(H,23,24). The van der Waals surface area contributed by atoms with Gasteiger partial charge in [-0.05, 0) is 60.4 Å². The minimum Gasteiger partial charge on any atom is -0.457 e. The maximum absolute atomic E-state index is 12.2. The SMILES string of the molecule is CSc1ccc(Oc2cccc(CNC(=O)c3cccnc3N)c2)cc1. The summed E-state index contributed by atoms with van der Waals surface area (Å²) in [5.74, 6) is 1.45. The van der Waals surface area contributed by atoms with Gasteiger partial charge in [0.15, 0.2) is 0 Å². The van der Waals surface area contributed by atoms with Crippen LogP contribution < -0.4 is 15.8 Å². The number of carbonyl (C=O) groups is 1. The molecular formula is C20H19N3O2S. The van der Waals surface area contributed by atoms with Gasteiger partial charge in [0.25, 0.3) is 5.91 Å². The summed E-state index contributed by atoms with van der Waals surface area (Å²) in [4.78, 5) is 17.3. The summed E-state index contributed by atoms with van der Waals surface area (Å²) in [6.07, 6.45) is 3.59. The molecule has 3 aromatic rings. The first-order chi connectivity index (χ1) is 12.7. The van der Waals surface area contributed by atoms with E-state index in [1.54, 1.807) is 30.1 Å². The molecule has 0 atom stereocenters. The number of anilines is 1. The number of thioether (sulfide) groups is 1. The van der Waals surface area contributed by atoms with E-state index >= 15 is 0 Å². The van der Waals surface area contributed by atoms with Crippen LogP contribution in [-0.2, 0) is 6.54 Å². The van der Waals surface area contributed by atoms with E-state index in [1.807, 2.05) is 54.8 Å². The number of nitrogens with zero attached hydrogens (tertiary/aromatic N) is 1. The molecule has 0 bridgehead atoms. The van der Waals surface area contributed by atoms with E-state index in [4.69, 9.17) is 10.5 Å². The van der Waals surface area contributed by atoms with Gasteiger partial charge in [-0.15, -0.1) is 11.8 Å². The van der Waals surface area contributed by atoms with Crippen LogP contribution in [0.25, 0.3) is 0 Å². The number of ether oxygens (including phenoxy) is 1. The van der Waals surface area contributed by atoms with Crippen LogP contribution in [0.2, 0.25) is 0 Å². The Hall–Kier alpha value is -2.99. The van der Waals surface area contributed by atoms with Crippen molar-refractivity contribution in [2.24, 2.45) is 0 Å². The van der Waals surface area contributed by atoms with E-state index < -0.39 is 0 Å². The molecule has 3 N–H and O–H groups in total. The molecule has 0 aliphatic rings. The van der Waals surface area contributed by atoms with E-state index in [0.29, 0.717) is 12.1 Å². The lowest BCUT2D eigenvalue weighted by molar-refractivity contribution is 0.0951. The normalized spacial score (nSPS) is 10.3. The van der Waals surface area contributed by atoms with Crippen LogP contribution in [0.15, 0.2) is 71.8 Å². The molecule has 0 aliphatic heterocycles. The first kappa shape index (κ1) is 17.8. The van der Waals surface area contributed by atoms with Gasteiger partial charge in [-0.1, -0.05) is 12.1 Å². The number of hydrogen-bond donors (Lipinski definition) is 2. The average Bonchev–Trinajstić information content (AvgIpc) is 2.67. The van der Waals surface area contributed by atoms with Crippen molar-refractivity contribution in [2.45, 2.75) is 11.4 Å². The molecule has 0 spiro atoms. The summed E-state index contributed by atoms with van der Waals surface area (Å²) in [6, 6.07) is 18.8. The number of hydrogen-bond acceptors (Lipinski definition) is 5. The average molecular weight is 365 g/mol. The zero-order chi connectivity index (χ0) is 18.4. The lowest BCUT2D eigenvalue weighted by Gasteiger charge is -2.10. The molecule has 0 aliphatic carbocycles. The highest BCUT2D eigenvalue weighted by Gasteiger charge is 2.09. The molecule has 0 saturated carbocycles. The van der Waals surface area contributed by atoms with E-state index in [-0.39, 0.29) is 11.7 Å². The van der Waals surface area contributed by atoms with Gasteiger partial charge in [0.1, 0.15) is 17.3 Å².